The SMILES string of the molecule is [B]NS(=C)c1c(C)cnn1CC. The normalized spacial score (nSPS) is 13.2. The Morgan fingerprint density at radius 1 is 1.83 bits per heavy atom. The van der Waals surface area contributed by atoms with E-state index in [1.807, 2.05) is 24.7 Å². The molecule has 1 heterocycles. The second-order valence-corrected chi connectivity index (χ2v) is 3.86. The van der Waals surface area contributed by atoms with E-state index in [4.69, 9.17) is 7.98 Å². The van der Waals surface area contributed by atoms with Crippen molar-refractivity contribution in [2.24, 2.45) is 0 Å². The summed E-state index contributed by atoms with van der Waals surface area (Å²) < 4.78 is 4.55. The first-order valence-electron chi connectivity index (χ1n) is 3.73. The van der Waals surface area contributed by atoms with Crippen LogP contribution in [0, 0.1) is 6.92 Å². The number of rotatable bonds is 3. The van der Waals surface area contributed by atoms with Crippen molar-refractivity contribution in [1.82, 2.24) is 14.4 Å². The van der Waals surface area contributed by atoms with E-state index in [2.05, 4.69) is 15.6 Å². The largest absolute Gasteiger partial charge is 0.317 e. The Labute approximate surface area is 76.7 Å². The monoisotopic (exact) mass is 181 g/mol. The molecule has 1 rings (SSSR count). The van der Waals surface area contributed by atoms with Crippen molar-refractivity contribution in [2.45, 2.75) is 25.4 Å². The van der Waals surface area contributed by atoms with Crippen LogP contribution < -0.4 is 4.63 Å². The second-order valence-electron chi connectivity index (χ2n) is 2.46. The summed E-state index contributed by atoms with van der Waals surface area (Å²) in [5, 5.41) is 5.27. The minimum atomic E-state index is -0.354. The van der Waals surface area contributed by atoms with Crippen LogP contribution in [0.4, 0.5) is 0 Å². The molecule has 1 aromatic heterocycles. The molecule has 0 fully saturated rings. The van der Waals surface area contributed by atoms with E-state index in [0.29, 0.717) is 0 Å². The van der Waals surface area contributed by atoms with Crippen LogP contribution in [-0.2, 0) is 6.54 Å². The van der Waals surface area contributed by atoms with Gasteiger partial charge in [0.2, 0.25) is 0 Å². The minimum absolute atomic E-state index is 0.354. The van der Waals surface area contributed by atoms with Crippen molar-refractivity contribution < 1.29 is 0 Å². The molecule has 0 aliphatic carbocycles. The molecular formula is C7H12BN3S. The molecule has 0 spiro atoms. The van der Waals surface area contributed by atoms with E-state index in [1.54, 1.807) is 0 Å². The highest BCUT2D eigenvalue weighted by atomic mass is 32.2. The van der Waals surface area contributed by atoms with Crippen LogP contribution in [0.25, 0.3) is 0 Å². The summed E-state index contributed by atoms with van der Waals surface area (Å²) in [7, 11) is 4.96. The van der Waals surface area contributed by atoms with Gasteiger partial charge in [0.1, 0.15) is 5.03 Å². The minimum Gasteiger partial charge on any atom is -0.317 e. The van der Waals surface area contributed by atoms with Gasteiger partial charge in [0, 0.05) is 12.1 Å². The second kappa shape index (κ2) is 3.91. The number of aryl methyl sites for hydroxylation is 2. The molecule has 0 saturated heterocycles. The van der Waals surface area contributed by atoms with Crippen molar-refractivity contribution in [1.29, 1.82) is 0 Å². The van der Waals surface area contributed by atoms with Gasteiger partial charge in [-0.15, -0.1) is 0 Å². The molecule has 0 amide bonds. The van der Waals surface area contributed by atoms with Crippen LogP contribution in [0.3, 0.4) is 0 Å². The Bertz CT molecular complexity index is 295. The van der Waals surface area contributed by atoms with Gasteiger partial charge in [-0.2, -0.15) is 5.10 Å². The highest BCUT2D eigenvalue weighted by Crippen LogP contribution is 2.23. The summed E-state index contributed by atoms with van der Waals surface area (Å²) in [5.41, 5.74) is 1.13. The molecule has 12 heavy (non-hydrogen) atoms. The summed E-state index contributed by atoms with van der Waals surface area (Å²) in [5.74, 6) is 3.90. The third kappa shape index (κ3) is 1.62. The Morgan fingerprint density at radius 2 is 2.50 bits per heavy atom. The van der Waals surface area contributed by atoms with E-state index in [9.17, 15) is 0 Å². The highest BCUT2D eigenvalue weighted by molar-refractivity contribution is 8.13. The molecule has 0 aliphatic heterocycles. The maximum Gasteiger partial charge on any atom is 0.194 e. The summed E-state index contributed by atoms with van der Waals surface area (Å²) >= 11 is 0. The van der Waals surface area contributed by atoms with Gasteiger partial charge in [-0.3, -0.25) is 4.68 Å². The lowest BCUT2D eigenvalue weighted by Gasteiger charge is -2.09. The molecule has 0 aliphatic rings. The zero-order valence-corrected chi connectivity index (χ0v) is 8.19. The molecule has 0 aromatic carbocycles. The maximum absolute atomic E-state index is 5.31. The molecule has 2 radical (unpaired) electrons. The van der Waals surface area contributed by atoms with Crippen LogP contribution >= 0.6 is 10.7 Å². The number of hydrogen-bond acceptors (Lipinski definition) is 2. The lowest BCUT2D eigenvalue weighted by atomic mass is 10.4. The van der Waals surface area contributed by atoms with E-state index in [0.717, 1.165) is 17.1 Å². The molecule has 64 valence electrons. The average molecular weight is 181 g/mol. The number of nitrogens with one attached hydrogen (secondary N) is 1. The van der Waals surface area contributed by atoms with Gasteiger partial charge in [-0.25, -0.2) is 0 Å². The predicted molar refractivity (Wildman–Crippen MR) is 54.5 cm³/mol. The third-order valence-corrected chi connectivity index (χ3v) is 2.92. The van der Waals surface area contributed by atoms with Crippen LogP contribution in [-0.4, -0.2) is 23.6 Å². The van der Waals surface area contributed by atoms with Gasteiger partial charge >= 0.3 is 0 Å². The van der Waals surface area contributed by atoms with Gasteiger partial charge in [0.05, 0.1) is 6.20 Å². The Balaban J connectivity index is 3.10. The van der Waals surface area contributed by atoms with Gasteiger partial charge in [0.15, 0.2) is 7.98 Å². The van der Waals surface area contributed by atoms with Crippen molar-refractivity contribution in [3.05, 3.63) is 11.8 Å². The summed E-state index contributed by atoms with van der Waals surface area (Å²) in [4.78, 5) is 0. The van der Waals surface area contributed by atoms with Crippen molar-refractivity contribution in [3.8, 4) is 0 Å². The van der Waals surface area contributed by atoms with Gasteiger partial charge < -0.3 is 4.63 Å². The summed E-state index contributed by atoms with van der Waals surface area (Å²) in [6.45, 7) is 4.91. The quantitative estimate of drug-likeness (QED) is 0.553. The molecule has 1 aromatic rings. The number of aromatic nitrogens is 2. The van der Waals surface area contributed by atoms with E-state index in [1.165, 1.54) is 0 Å². The van der Waals surface area contributed by atoms with E-state index < -0.39 is 0 Å². The smallest absolute Gasteiger partial charge is 0.194 e. The molecule has 0 saturated carbocycles. The molecule has 0 bridgehead atoms. The summed E-state index contributed by atoms with van der Waals surface area (Å²) in [6.07, 6.45) is 1.83. The molecule has 5 heteroatoms. The van der Waals surface area contributed by atoms with Crippen LogP contribution in [0.15, 0.2) is 11.2 Å². The maximum atomic E-state index is 5.31. The first-order chi connectivity index (χ1) is 5.70. The van der Waals surface area contributed by atoms with Gasteiger partial charge in [-0.05, 0) is 13.8 Å². The van der Waals surface area contributed by atoms with Crippen molar-refractivity contribution in [2.75, 3.05) is 0 Å². The average Bonchev–Trinajstić information content (AvgIpc) is 2.45. The zero-order valence-electron chi connectivity index (χ0n) is 7.37. The van der Waals surface area contributed by atoms with Gasteiger partial charge in [-0.1, -0.05) is 16.5 Å². The lowest BCUT2D eigenvalue weighted by Crippen LogP contribution is -2.06. The van der Waals surface area contributed by atoms with Crippen LogP contribution in [0.1, 0.15) is 12.5 Å². The highest BCUT2D eigenvalue weighted by Gasteiger charge is 2.06. The summed E-state index contributed by atoms with van der Waals surface area (Å²) in [6, 6.07) is 0. The fourth-order valence-electron chi connectivity index (χ4n) is 1.07. The molecule has 1 unspecified atom stereocenters. The van der Waals surface area contributed by atoms with Crippen molar-refractivity contribution in [3.63, 3.8) is 0 Å². The Hall–Kier alpha value is -0.545. The zero-order chi connectivity index (χ0) is 9.14. The van der Waals surface area contributed by atoms with Crippen molar-refractivity contribution >= 4 is 24.5 Å². The van der Waals surface area contributed by atoms with Crippen LogP contribution in [0.5, 0.6) is 0 Å². The third-order valence-electron chi connectivity index (χ3n) is 1.64. The molecule has 3 nitrogen and oxygen atoms in total. The Kier molecular flexibility index (Phi) is 3.11. The van der Waals surface area contributed by atoms with Crippen LogP contribution in [0.2, 0.25) is 0 Å². The predicted octanol–water partition coefficient (Wildman–Crippen LogP) is 0.859. The molecule has 1 atom stereocenters. The number of nitrogens with zero attached hydrogens (tertiary/aromatic N) is 2. The van der Waals surface area contributed by atoms with E-state index in [-0.39, 0.29) is 10.7 Å². The van der Waals surface area contributed by atoms with Gasteiger partial charge in [0.25, 0.3) is 0 Å². The standard InChI is InChI=1S/C7H12BN3S/c1-4-11-7(12(3)10-8)6(2)5-9-11/h5,10H,3-4H2,1-2H3. The molecular weight excluding hydrogens is 169 g/mol. The topological polar surface area (TPSA) is 29.9 Å². The number of hydrogen-bond donors (Lipinski definition) is 1. The molecule has 1 N–H and O–H groups in total. The van der Waals surface area contributed by atoms with E-state index >= 15 is 0 Å². The fourth-order valence-corrected chi connectivity index (χ4v) is 2.05. The fraction of sp³-hybridized carbons (Fsp3) is 0.429. The lowest BCUT2D eigenvalue weighted by molar-refractivity contribution is 0.603. The first-order valence-corrected chi connectivity index (χ1v) is 5.12. The Morgan fingerprint density at radius 3 is 3.00 bits per heavy atom. The first kappa shape index (κ1) is 9.54.